The van der Waals surface area contributed by atoms with Crippen LogP contribution in [0.4, 0.5) is 0 Å². The molecule has 2 heteroatoms. The third-order valence-corrected chi connectivity index (χ3v) is 4.51. The molecule has 0 radical (unpaired) electrons. The zero-order valence-corrected chi connectivity index (χ0v) is 12.0. The molecule has 3 aromatic rings. The summed E-state index contributed by atoms with van der Waals surface area (Å²) >= 11 is 0. The van der Waals surface area contributed by atoms with Gasteiger partial charge in [0, 0.05) is 28.7 Å². The van der Waals surface area contributed by atoms with Crippen LogP contribution in [0.3, 0.4) is 0 Å². The van der Waals surface area contributed by atoms with Crippen LogP contribution in [0.15, 0.2) is 48.5 Å². The van der Waals surface area contributed by atoms with E-state index in [1.54, 1.807) is 6.07 Å². The molecule has 2 heterocycles. The first kappa shape index (κ1) is 12.5. The number of aromatic hydroxyl groups is 1. The summed E-state index contributed by atoms with van der Waals surface area (Å²) in [6, 6.07) is 16.4. The number of nitrogens with zero attached hydrogens (tertiary/aromatic N) is 1. The van der Waals surface area contributed by atoms with Crippen LogP contribution in [0.1, 0.15) is 25.0 Å². The van der Waals surface area contributed by atoms with Crippen LogP contribution in [-0.4, -0.2) is 9.67 Å². The minimum Gasteiger partial charge on any atom is -0.508 e. The van der Waals surface area contributed by atoms with E-state index in [0.717, 1.165) is 13.0 Å². The molecule has 0 atom stereocenters. The van der Waals surface area contributed by atoms with E-state index in [2.05, 4.69) is 41.0 Å². The molecular formula is C19H19NO. The molecule has 1 aliphatic rings. The van der Waals surface area contributed by atoms with Crippen molar-refractivity contribution in [1.29, 1.82) is 0 Å². The third kappa shape index (κ3) is 2.02. The highest BCUT2D eigenvalue weighted by Gasteiger charge is 2.20. The predicted molar refractivity (Wildman–Crippen MR) is 86.6 cm³/mol. The van der Waals surface area contributed by atoms with Gasteiger partial charge in [-0.3, -0.25) is 0 Å². The SMILES string of the molecule is Oc1ccc2c(c1)c(-c1ccccc1)c1n2CCCCC1. The lowest BCUT2D eigenvalue weighted by molar-refractivity contribution is 0.476. The van der Waals surface area contributed by atoms with Crippen molar-refractivity contribution in [2.45, 2.75) is 32.2 Å². The maximum absolute atomic E-state index is 9.91. The Morgan fingerprint density at radius 1 is 0.905 bits per heavy atom. The lowest BCUT2D eigenvalue weighted by Gasteiger charge is -2.08. The van der Waals surface area contributed by atoms with Gasteiger partial charge in [-0.05, 0) is 43.0 Å². The molecular weight excluding hydrogens is 258 g/mol. The zero-order chi connectivity index (χ0) is 14.2. The molecule has 0 aliphatic carbocycles. The molecule has 0 amide bonds. The molecule has 2 nitrogen and oxygen atoms in total. The number of benzene rings is 2. The topological polar surface area (TPSA) is 25.2 Å². The van der Waals surface area contributed by atoms with Crippen LogP contribution in [0.5, 0.6) is 5.75 Å². The van der Waals surface area contributed by atoms with Crippen LogP contribution < -0.4 is 0 Å². The first-order valence-corrected chi connectivity index (χ1v) is 7.74. The first-order chi connectivity index (χ1) is 10.3. The second-order valence-corrected chi connectivity index (χ2v) is 5.85. The fourth-order valence-corrected chi connectivity index (χ4v) is 3.58. The van der Waals surface area contributed by atoms with E-state index in [4.69, 9.17) is 0 Å². The Balaban J connectivity index is 2.07. The monoisotopic (exact) mass is 277 g/mol. The molecule has 1 aromatic heterocycles. The summed E-state index contributed by atoms with van der Waals surface area (Å²) in [7, 11) is 0. The van der Waals surface area contributed by atoms with Crippen molar-refractivity contribution < 1.29 is 5.11 Å². The number of aryl methyl sites for hydroxylation is 1. The third-order valence-electron chi connectivity index (χ3n) is 4.51. The Kier molecular flexibility index (Phi) is 2.95. The maximum Gasteiger partial charge on any atom is 0.116 e. The second-order valence-electron chi connectivity index (χ2n) is 5.85. The highest BCUT2D eigenvalue weighted by atomic mass is 16.3. The normalized spacial score (nSPS) is 14.9. The fourth-order valence-electron chi connectivity index (χ4n) is 3.58. The summed E-state index contributed by atoms with van der Waals surface area (Å²) < 4.78 is 2.46. The van der Waals surface area contributed by atoms with Crippen LogP contribution in [0.25, 0.3) is 22.0 Å². The molecule has 0 saturated carbocycles. The number of hydrogen-bond donors (Lipinski definition) is 1. The van der Waals surface area contributed by atoms with Crippen molar-refractivity contribution in [2.75, 3.05) is 0 Å². The molecule has 2 aromatic carbocycles. The number of rotatable bonds is 1. The average molecular weight is 277 g/mol. The number of aromatic nitrogens is 1. The molecule has 0 bridgehead atoms. The number of hydrogen-bond acceptors (Lipinski definition) is 1. The van der Waals surface area contributed by atoms with Gasteiger partial charge in [-0.25, -0.2) is 0 Å². The Bertz CT molecular complexity index is 786. The van der Waals surface area contributed by atoms with E-state index in [9.17, 15) is 5.11 Å². The standard InChI is InChI=1S/C19H19NO/c21-15-10-11-17-16(13-15)19(14-7-3-1-4-8-14)18-9-5-2-6-12-20(17)18/h1,3-4,7-8,10-11,13,21H,2,5-6,9,12H2. The molecule has 4 rings (SSSR count). The molecule has 1 N–H and O–H groups in total. The summed E-state index contributed by atoms with van der Waals surface area (Å²) in [6.07, 6.45) is 4.92. The second kappa shape index (κ2) is 4.96. The summed E-state index contributed by atoms with van der Waals surface area (Å²) in [4.78, 5) is 0. The molecule has 0 fully saturated rings. The fraction of sp³-hybridized carbons (Fsp3) is 0.263. The van der Waals surface area contributed by atoms with Gasteiger partial charge in [0.25, 0.3) is 0 Å². The molecule has 1 aliphatic heterocycles. The highest BCUT2D eigenvalue weighted by Crippen LogP contribution is 2.38. The molecule has 0 saturated heterocycles. The number of phenols is 1. The van der Waals surface area contributed by atoms with E-state index in [0.29, 0.717) is 5.75 Å². The van der Waals surface area contributed by atoms with Gasteiger partial charge in [0.2, 0.25) is 0 Å². The lowest BCUT2D eigenvalue weighted by atomic mass is 9.99. The minimum atomic E-state index is 0.348. The van der Waals surface area contributed by atoms with Crippen molar-refractivity contribution >= 4 is 10.9 Å². The van der Waals surface area contributed by atoms with E-state index in [1.807, 2.05) is 6.07 Å². The van der Waals surface area contributed by atoms with E-state index in [-0.39, 0.29) is 0 Å². The van der Waals surface area contributed by atoms with E-state index >= 15 is 0 Å². The van der Waals surface area contributed by atoms with Crippen LogP contribution in [0.2, 0.25) is 0 Å². The number of fused-ring (bicyclic) bond motifs is 3. The summed E-state index contributed by atoms with van der Waals surface area (Å²) in [5.74, 6) is 0.348. The molecule has 21 heavy (non-hydrogen) atoms. The van der Waals surface area contributed by atoms with Crippen molar-refractivity contribution in [3.63, 3.8) is 0 Å². The van der Waals surface area contributed by atoms with Gasteiger partial charge < -0.3 is 9.67 Å². The minimum absolute atomic E-state index is 0.348. The van der Waals surface area contributed by atoms with Gasteiger partial charge in [0.1, 0.15) is 5.75 Å². The van der Waals surface area contributed by atoms with Crippen molar-refractivity contribution in [2.24, 2.45) is 0 Å². The Morgan fingerprint density at radius 2 is 1.76 bits per heavy atom. The Hall–Kier alpha value is -2.22. The average Bonchev–Trinajstić information content (AvgIpc) is 2.65. The number of phenolic OH excluding ortho intramolecular Hbond substituents is 1. The van der Waals surface area contributed by atoms with E-state index < -0.39 is 0 Å². The first-order valence-electron chi connectivity index (χ1n) is 7.74. The Morgan fingerprint density at radius 3 is 2.62 bits per heavy atom. The largest absolute Gasteiger partial charge is 0.508 e. The quantitative estimate of drug-likeness (QED) is 0.683. The van der Waals surface area contributed by atoms with Gasteiger partial charge in [-0.15, -0.1) is 0 Å². The van der Waals surface area contributed by atoms with Crippen LogP contribution in [0, 0.1) is 0 Å². The van der Waals surface area contributed by atoms with Crippen LogP contribution >= 0.6 is 0 Å². The van der Waals surface area contributed by atoms with Crippen molar-refractivity contribution in [3.8, 4) is 16.9 Å². The van der Waals surface area contributed by atoms with Crippen LogP contribution in [-0.2, 0) is 13.0 Å². The van der Waals surface area contributed by atoms with Gasteiger partial charge in [0.05, 0.1) is 0 Å². The maximum atomic E-state index is 9.91. The highest BCUT2D eigenvalue weighted by molar-refractivity contribution is 5.99. The van der Waals surface area contributed by atoms with Gasteiger partial charge in [-0.1, -0.05) is 36.8 Å². The molecule has 0 unspecified atom stereocenters. The zero-order valence-electron chi connectivity index (χ0n) is 12.0. The summed E-state index contributed by atoms with van der Waals surface area (Å²) in [5.41, 5.74) is 5.25. The molecule has 106 valence electrons. The van der Waals surface area contributed by atoms with Gasteiger partial charge in [0.15, 0.2) is 0 Å². The summed E-state index contributed by atoms with van der Waals surface area (Å²) in [6.45, 7) is 1.09. The van der Waals surface area contributed by atoms with Gasteiger partial charge >= 0.3 is 0 Å². The summed E-state index contributed by atoms with van der Waals surface area (Å²) in [5, 5.41) is 11.1. The molecule has 0 spiro atoms. The lowest BCUT2D eigenvalue weighted by Crippen LogP contribution is -2.00. The Labute approximate surface area is 124 Å². The van der Waals surface area contributed by atoms with E-state index in [1.165, 1.54) is 47.0 Å². The van der Waals surface area contributed by atoms with Crippen molar-refractivity contribution in [1.82, 2.24) is 4.57 Å². The smallest absolute Gasteiger partial charge is 0.116 e. The van der Waals surface area contributed by atoms with Gasteiger partial charge in [-0.2, -0.15) is 0 Å². The van der Waals surface area contributed by atoms with Crippen molar-refractivity contribution in [3.05, 3.63) is 54.2 Å². The predicted octanol–water partition coefficient (Wildman–Crippen LogP) is 4.74.